The van der Waals surface area contributed by atoms with Gasteiger partial charge in [-0.05, 0) is 37.3 Å². The standard InChI is InChI=1S/C21H17N3O3S/c1-13-16-12-19(28-21(16)24(23-13)15-5-3-2-4-6-15)20(25)22-14-7-8-17-18(11-14)27-10-9-26-17/h2-8,11-12H,9-10H2,1H3,(H,22,25). The minimum atomic E-state index is -0.156. The Balaban J connectivity index is 1.45. The predicted molar refractivity (Wildman–Crippen MR) is 109 cm³/mol. The molecule has 0 radical (unpaired) electrons. The van der Waals surface area contributed by atoms with Gasteiger partial charge >= 0.3 is 0 Å². The zero-order valence-electron chi connectivity index (χ0n) is 15.1. The molecule has 6 nitrogen and oxygen atoms in total. The lowest BCUT2D eigenvalue weighted by Gasteiger charge is -2.18. The van der Waals surface area contributed by atoms with Crippen molar-refractivity contribution >= 4 is 33.1 Å². The molecule has 7 heteroatoms. The van der Waals surface area contributed by atoms with E-state index in [1.54, 1.807) is 6.07 Å². The van der Waals surface area contributed by atoms with Gasteiger partial charge in [0.05, 0.1) is 16.3 Å². The van der Waals surface area contributed by atoms with Crippen LogP contribution in [0.1, 0.15) is 15.4 Å². The van der Waals surface area contributed by atoms with Crippen molar-refractivity contribution in [3.8, 4) is 17.2 Å². The highest BCUT2D eigenvalue weighted by Crippen LogP contribution is 2.34. The Morgan fingerprint density at radius 3 is 2.68 bits per heavy atom. The maximum atomic E-state index is 12.8. The van der Waals surface area contributed by atoms with Crippen LogP contribution >= 0.6 is 11.3 Å². The number of ether oxygens (including phenoxy) is 2. The second-order valence-corrected chi connectivity index (χ2v) is 7.51. The van der Waals surface area contributed by atoms with Crippen molar-refractivity contribution in [1.29, 1.82) is 0 Å². The molecule has 0 fully saturated rings. The number of nitrogens with zero attached hydrogens (tertiary/aromatic N) is 2. The molecule has 0 saturated carbocycles. The molecule has 0 unspecified atom stereocenters. The summed E-state index contributed by atoms with van der Waals surface area (Å²) in [5.74, 6) is 1.19. The van der Waals surface area contributed by atoms with Crippen LogP contribution in [0.2, 0.25) is 0 Å². The van der Waals surface area contributed by atoms with E-state index in [0.29, 0.717) is 35.3 Å². The van der Waals surface area contributed by atoms with Gasteiger partial charge in [-0.3, -0.25) is 4.79 Å². The van der Waals surface area contributed by atoms with E-state index in [-0.39, 0.29) is 5.91 Å². The van der Waals surface area contributed by atoms with E-state index >= 15 is 0 Å². The summed E-state index contributed by atoms with van der Waals surface area (Å²) in [4.78, 5) is 14.4. The second-order valence-electron chi connectivity index (χ2n) is 6.47. The number of rotatable bonds is 3. The number of hydrogen-bond acceptors (Lipinski definition) is 5. The average Bonchev–Trinajstić information content (AvgIpc) is 3.29. The maximum absolute atomic E-state index is 12.8. The molecule has 0 aliphatic carbocycles. The third-order valence-corrected chi connectivity index (χ3v) is 5.68. The fraction of sp³-hybridized carbons (Fsp3) is 0.143. The third kappa shape index (κ3) is 2.90. The fourth-order valence-corrected chi connectivity index (χ4v) is 4.30. The summed E-state index contributed by atoms with van der Waals surface area (Å²) in [5, 5.41) is 8.55. The maximum Gasteiger partial charge on any atom is 0.265 e. The van der Waals surface area contributed by atoms with E-state index < -0.39 is 0 Å². The molecule has 4 aromatic rings. The van der Waals surface area contributed by atoms with Crippen LogP contribution in [-0.4, -0.2) is 28.9 Å². The average molecular weight is 391 g/mol. The van der Waals surface area contributed by atoms with Crippen molar-refractivity contribution in [2.45, 2.75) is 6.92 Å². The number of anilines is 1. The molecule has 5 rings (SSSR count). The van der Waals surface area contributed by atoms with Crippen molar-refractivity contribution in [3.63, 3.8) is 0 Å². The Labute approximate surface area is 165 Å². The van der Waals surface area contributed by atoms with Gasteiger partial charge in [-0.2, -0.15) is 5.10 Å². The highest BCUT2D eigenvalue weighted by molar-refractivity contribution is 7.20. The SMILES string of the molecule is Cc1nn(-c2ccccc2)c2sc(C(=O)Nc3ccc4c(c3)OCCO4)cc12. The molecular weight excluding hydrogens is 374 g/mol. The first-order valence-electron chi connectivity index (χ1n) is 8.94. The summed E-state index contributed by atoms with van der Waals surface area (Å²) in [7, 11) is 0. The van der Waals surface area contributed by atoms with E-state index in [4.69, 9.17) is 9.47 Å². The number of carbonyl (C=O) groups is 1. The van der Waals surface area contributed by atoms with Crippen LogP contribution in [-0.2, 0) is 0 Å². The van der Waals surface area contributed by atoms with Crippen LogP contribution in [0.15, 0.2) is 54.6 Å². The molecule has 0 atom stereocenters. The molecule has 2 aromatic carbocycles. The van der Waals surface area contributed by atoms with Gasteiger partial charge in [0.2, 0.25) is 0 Å². The second kappa shape index (κ2) is 6.69. The van der Waals surface area contributed by atoms with Crippen molar-refractivity contribution in [3.05, 3.63) is 65.2 Å². The Hall–Kier alpha value is -3.32. The fourth-order valence-electron chi connectivity index (χ4n) is 3.22. The number of aromatic nitrogens is 2. The van der Waals surface area contributed by atoms with Crippen LogP contribution in [0, 0.1) is 6.92 Å². The first-order chi connectivity index (χ1) is 13.7. The molecular formula is C21H17N3O3S. The van der Waals surface area contributed by atoms with E-state index in [1.807, 2.05) is 60.1 Å². The van der Waals surface area contributed by atoms with E-state index in [1.165, 1.54) is 11.3 Å². The van der Waals surface area contributed by atoms with Gasteiger partial charge in [0, 0.05) is 17.1 Å². The summed E-state index contributed by atoms with van der Waals surface area (Å²) >= 11 is 1.43. The molecule has 0 spiro atoms. The predicted octanol–water partition coefficient (Wildman–Crippen LogP) is 4.42. The number of nitrogens with one attached hydrogen (secondary N) is 1. The normalized spacial score (nSPS) is 12.9. The first-order valence-corrected chi connectivity index (χ1v) is 9.76. The summed E-state index contributed by atoms with van der Waals surface area (Å²) < 4.78 is 13.0. The molecule has 0 bridgehead atoms. The molecule has 140 valence electrons. The molecule has 3 heterocycles. The first kappa shape index (κ1) is 16.8. The molecule has 1 amide bonds. The zero-order chi connectivity index (χ0) is 19.1. The van der Waals surface area contributed by atoms with Gasteiger partial charge in [-0.25, -0.2) is 4.68 Å². The lowest BCUT2D eigenvalue weighted by atomic mass is 10.2. The molecule has 1 aliphatic rings. The number of thiophene rings is 1. The summed E-state index contributed by atoms with van der Waals surface area (Å²) in [6.45, 7) is 3.01. The third-order valence-electron chi connectivity index (χ3n) is 4.57. The summed E-state index contributed by atoms with van der Waals surface area (Å²) in [6.07, 6.45) is 0. The van der Waals surface area contributed by atoms with Crippen LogP contribution in [0.4, 0.5) is 5.69 Å². The largest absolute Gasteiger partial charge is 0.486 e. The number of benzene rings is 2. The highest BCUT2D eigenvalue weighted by Gasteiger charge is 2.18. The van der Waals surface area contributed by atoms with Crippen LogP contribution in [0.5, 0.6) is 11.5 Å². The minimum Gasteiger partial charge on any atom is -0.486 e. The van der Waals surface area contributed by atoms with Crippen LogP contribution < -0.4 is 14.8 Å². The van der Waals surface area contributed by atoms with E-state index in [9.17, 15) is 4.79 Å². The number of carbonyl (C=O) groups excluding carboxylic acids is 1. The van der Waals surface area contributed by atoms with Gasteiger partial charge in [0.25, 0.3) is 5.91 Å². The topological polar surface area (TPSA) is 65.4 Å². The van der Waals surface area contributed by atoms with Gasteiger partial charge in [0.15, 0.2) is 11.5 Å². The number of para-hydroxylation sites is 1. The van der Waals surface area contributed by atoms with Gasteiger partial charge < -0.3 is 14.8 Å². The Kier molecular flexibility index (Phi) is 4.02. The molecule has 0 saturated heterocycles. The Morgan fingerprint density at radius 1 is 1.07 bits per heavy atom. The smallest absolute Gasteiger partial charge is 0.265 e. The number of hydrogen-bond donors (Lipinski definition) is 1. The Bertz CT molecular complexity index is 1180. The lowest BCUT2D eigenvalue weighted by molar-refractivity contribution is 0.103. The minimum absolute atomic E-state index is 0.156. The van der Waals surface area contributed by atoms with Crippen molar-refractivity contribution < 1.29 is 14.3 Å². The Morgan fingerprint density at radius 2 is 1.86 bits per heavy atom. The van der Waals surface area contributed by atoms with E-state index in [2.05, 4.69) is 10.4 Å². The number of aryl methyl sites for hydroxylation is 1. The lowest BCUT2D eigenvalue weighted by Crippen LogP contribution is -2.16. The van der Waals surface area contributed by atoms with Crippen LogP contribution in [0.3, 0.4) is 0 Å². The quantitative estimate of drug-likeness (QED) is 0.561. The zero-order valence-corrected chi connectivity index (χ0v) is 16.0. The molecule has 28 heavy (non-hydrogen) atoms. The van der Waals surface area contributed by atoms with Crippen molar-refractivity contribution in [1.82, 2.24) is 9.78 Å². The molecule has 1 N–H and O–H groups in total. The highest BCUT2D eigenvalue weighted by atomic mass is 32.1. The van der Waals surface area contributed by atoms with Crippen molar-refractivity contribution in [2.75, 3.05) is 18.5 Å². The van der Waals surface area contributed by atoms with E-state index in [0.717, 1.165) is 21.6 Å². The monoisotopic (exact) mass is 391 g/mol. The van der Waals surface area contributed by atoms with Gasteiger partial charge in [-0.1, -0.05) is 18.2 Å². The van der Waals surface area contributed by atoms with Gasteiger partial charge in [-0.15, -0.1) is 11.3 Å². The van der Waals surface area contributed by atoms with Gasteiger partial charge in [0.1, 0.15) is 18.0 Å². The van der Waals surface area contributed by atoms with Crippen LogP contribution in [0.25, 0.3) is 15.9 Å². The molecule has 1 aliphatic heterocycles. The number of fused-ring (bicyclic) bond motifs is 2. The number of amides is 1. The van der Waals surface area contributed by atoms with Crippen molar-refractivity contribution in [2.24, 2.45) is 0 Å². The summed E-state index contributed by atoms with van der Waals surface area (Å²) in [5.41, 5.74) is 2.54. The molecule has 2 aromatic heterocycles. The summed E-state index contributed by atoms with van der Waals surface area (Å²) in [6, 6.07) is 17.2.